The third-order valence-electron chi connectivity index (χ3n) is 4.44. The lowest BCUT2D eigenvalue weighted by Gasteiger charge is -2.17. The molecule has 1 unspecified atom stereocenters. The van der Waals surface area contributed by atoms with E-state index in [2.05, 4.69) is 20.7 Å². The molecule has 2 aromatic carbocycles. The molecule has 0 fully saturated rings. The molecule has 10 heteroatoms. The zero-order valence-corrected chi connectivity index (χ0v) is 17.1. The Morgan fingerprint density at radius 3 is 2.48 bits per heavy atom. The van der Waals surface area contributed by atoms with E-state index in [1.54, 1.807) is 18.2 Å². The van der Waals surface area contributed by atoms with Crippen molar-refractivity contribution in [2.24, 2.45) is 0 Å². The van der Waals surface area contributed by atoms with Gasteiger partial charge in [0.15, 0.2) is 0 Å². The molecule has 2 aromatic rings. The molecule has 1 aliphatic carbocycles. The van der Waals surface area contributed by atoms with Gasteiger partial charge < -0.3 is 5.11 Å². The number of carboxylic acid groups (broad SMARTS) is 1. The van der Waals surface area contributed by atoms with E-state index in [1.807, 2.05) is 0 Å². The highest BCUT2D eigenvalue weighted by Crippen LogP contribution is 2.36. The predicted molar refractivity (Wildman–Crippen MR) is 104 cm³/mol. The van der Waals surface area contributed by atoms with Crippen molar-refractivity contribution in [1.29, 1.82) is 0 Å². The summed E-state index contributed by atoms with van der Waals surface area (Å²) in [5.41, 5.74) is 1.08. The monoisotopic (exact) mass is 489 g/mol. The highest BCUT2D eigenvalue weighted by molar-refractivity contribution is 9.10. The normalized spacial score (nSPS) is 16.9. The van der Waals surface area contributed by atoms with Gasteiger partial charge in [0, 0.05) is 16.6 Å². The highest BCUT2D eigenvalue weighted by Gasteiger charge is 2.38. The standard InChI is InChI=1S/C19H15BrF3NO4S/c20-14-4-5-17(16(10-14)19(21,22)23)29(27,28)24-15-8-12-3-1-11(2-6-18(25)26)7-13(12)9-15/h1-7,10,15,24H,8-9H2,(H,25,26)/b6-2+. The number of carbonyl (C=O) groups is 1. The van der Waals surface area contributed by atoms with Crippen LogP contribution in [0, 0.1) is 0 Å². The van der Waals surface area contributed by atoms with Crippen LogP contribution in [0.5, 0.6) is 0 Å². The maximum atomic E-state index is 13.3. The van der Waals surface area contributed by atoms with Gasteiger partial charge >= 0.3 is 12.1 Å². The summed E-state index contributed by atoms with van der Waals surface area (Å²) in [6.07, 6.45) is -1.80. The van der Waals surface area contributed by atoms with Crippen LogP contribution in [0.2, 0.25) is 0 Å². The largest absolute Gasteiger partial charge is 0.478 e. The summed E-state index contributed by atoms with van der Waals surface area (Å²) in [5.74, 6) is -1.09. The van der Waals surface area contributed by atoms with Crippen molar-refractivity contribution in [3.63, 3.8) is 0 Å². The number of halogens is 4. The van der Waals surface area contributed by atoms with E-state index in [0.717, 1.165) is 29.3 Å². The maximum Gasteiger partial charge on any atom is 0.417 e. The van der Waals surface area contributed by atoms with Crippen molar-refractivity contribution < 1.29 is 31.5 Å². The first-order valence-corrected chi connectivity index (χ1v) is 10.7. The van der Waals surface area contributed by atoms with Crippen molar-refractivity contribution in [1.82, 2.24) is 4.72 Å². The Morgan fingerprint density at radius 2 is 1.83 bits per heavy atom. The van der Waals surface area contributed by atoms with Crippen LogP contribution in [-0.4, -0.2) is 25.5 Å². The Morgan fingerprint density at radius 1 is 1.14 bits per heavy atom. The molecule has 0 aromatic heterocycles. The molecule has 0 amide bonds. The Labute approximate surface area is 173 Å². The van der Waals surface area contributed by atoms with Gasteiger partial charge in [0.05, 0.1) is 10.5 Å². The van der Waals surface area contributed by atoms with Crippen molar-refractivity contribution in [3.8, 4) is 0 Å². The zero-order chi connectivity index (χ0) is 21.4. The Hall–Kier alpha value is -2.17. The van der Waals surface area contributed by atoms with Crippen LogP contribution >= 0.6 is 15.9 Å². The number of rotatable bonds is 5. The number of benzene rings is 2. The Bertz CT molecular complexity index is 1100. The highest BCUT2D eigenvalue weighted by atomic mass is 79.9. The van der Waals surface area contributed by atoms with E-state index in [4.69, 9.17) is 5.11 Å². The average Bonchev–Trinajstić information content (AvgIpc) is 2.99. The van der Waals surface area contributed by atoms with E-state index < -0.39 is 38.7 Å². The van der Waals surface area contributed by atoms with Gasteiger partial charge in [-0.25, -0.2) is 17.9 Å². The van der Waals surface area contributed by atoms with Gasteiger partial charge in [0.2, 0.25) is 10.0 Å². The summed E-state index contributed by atoms with van der Waals surface area (Å²) in [6, 6.07) is 7.50. The number of alkyl halides is 3. The molecule has 0 saturated heterocycles. The molecule has 5 nitrogen and oxygen atoms in total. The molecule has 0 bridgehead atoms. The summed E-state index contributed by atoms with van der Waals surface area (Å²) in [4.78, 5) is 9.80. The summed E-state index contributed by atoms with van der Waals surface area (Å²) < 4.78 is 67.7. The fraction of sp³-hybridized carbons (Fsp3) is 0.211. The van der Waals surface area contributed by atoms with Gasteiger partial charge in [0.1, 0.15) is 0 Å². The van der Waals surface area contributed by atoms with Crippen molar-refractivity contribution in [3.05, 3.63) is 69.2 Å². The maximum absolute atomic E-state index is 13.3. The first kappa shape index (κ1) is 21.5. The van der Waals surface area contributed by atoms with Gasteiger partial charge in [-0.1, -0.05) is 34.1 Å². The molecule has 29 heavy (non-hydrogen) atoms. The Balaban J connectivity index is 1.83. The van der Waals surface area contributed by atoms with Gasteiger partial charge in [-0.3, -0.25) is 0 Å². The van der Waals surface area contributed by atoms with E-state index in [1.165, 1.54) is 12.1 Å². The quantitative estimate of drug-likeness (QED) is 0.621. The first-order chi connectivity index (χ1) is 13.5. The fourth-order valence-corrected chi connectivity index (χ4v) is 5.04. The molecule has 1 atom stereocenters. The molecule has 1 aliphatic rings. The molecular formula is C19H15BrF3NO4S. The van der Waals surface area contributed by atoms with E-state index >= 15 is 0 Å². The lowest BCUT2D eigenvalue weighted by atomic mass is 10.1. The molecule has 0 heterocycles. The summed E-state index contributed by atoms with van der Waals surface area (Å²) >= 11 is 2.93. The van der Waals surface area contributed by atoms with Gasteiger partial charge in [-0.15, -0.1) is 0 Å². The minimum absolute atomic E-state index is 0.124. The minimum Gasteiger partial charge on any atom is -0.478 e. The smallest absolute Gasteiger partial charge is 0.417 e. The van der Waals surface area contributed by atoms with Crippen LogP contribution in [0.1, 0.15) is 22.3 Å². The molecular weight excluding hydrogens is 475 g/mol. The SMILES string of the molecule is O=C(O)/C=C/c1ccc2c(c1)CC(NS(=O)(=O)c1ccc(Br)cc1C(F)(F)F)C2. The number of fused-ring (bicyclic) bond motifs is 1. The molecule has 3 rings (SSSR count). The second kappa shape index (κ2) is 7.92. The minimum atomic E-state index is -4.82. The summed E-state index contributed by atoms with van der Waals surface area (Å²) in [6.45, 7) is 0. The topological polar surface area (TPSA) is 83.5 Å². The van der Waals surface area contributed by atoms with E-state index in [0.29, 0.717) is 18.4 Å². The van der Waals surface area contributed by atoms with Crippen LogP contribution in [0.25, 0.3) is 6.08 Å². The third kappa shape index (κ3) is 5.06. The predicted octanol–water partition coefficient (Wildman–Crippen LogP) is 4.01. The number of hydrogen-bond acceptors (Lipinski definition) is 3. The fourth-order valence-electron chi connectivity index (χ4n) is 3.23. The molecule has 0 spiro atoms. The Kier molecular flexibility index (Phi) is 5.88. The zero-order valence-electron chi connectivity index (χ0n) is 14.7. The third-order valence-corrected chi connectivity index (χ3v) is 6.51. The van der Waals surface area contributed by atoms with Crippen molar-refractivity contribution >= 4 is 38.0 Å². The van der Waals surface area contributed by atoms with Crippen molar-refractivity contribution in [2.75, 3.05) is 0 Å². The van der Waals surface area contributed by atoms with Gasteiger partial charge in [-0.2, -0.15) is 13.2 Å². The number of carboxylic acids is 1. The molecule has 0 aliphatic heterocycles. The number of aliphatic carboxylic acids is 1. The van der Waals surface area contributed by atoms with Crippen molar-refractivity contribution in [2.45, 2.75) is 30.0 Å². The number of nitrogens with one attached hydrogen (secondary N) is 1. The van der Waals surface area contributed by atoms with Crippen LogP contribution in [-0.2, 0) is 33.8 Å². The van der Waals surface area contributed by atoms with E-state index in [-0.39, 0.29) is 4.47 Å². The van der Waals surface area contributed by atoms with Crippen LogP contribution < -0.4 is 4.72 Å². The van der Waals surface area contributed by atoms with Crippen LogP contribution in [0.3, 0.4) is 0 Å². The molecule has 2 N–H and O–H groups in total. The average molecular weight is 490 g/mol. The van der Waals surface area contributed by atoms with Crippen LogP contribution in [0.4, 0.5) is 13.2 Å². The molecule has 154 valence electrons. The molecule has 0 saturated carbocycles. The lowest BCUT2D eigenvalue weighted by molar-refractivity contribution is -0.140. The van der Waals surface area contributed by atoms with E-state index in [9.17, 15) is 26.4 Å². The van der Waals surface area contributed by atoms with Gasteiger partial charge in [-0.05, 0) is 53.8 Å². The lowest BCUT2D eigenvalue weighted by Crippen LogP contribution is -2.36. The summed E-state index contributed by atoms with van der Waals surface area (Å²) in [5, 5.41) is 8.70. The van der Waals surface area contributed by atoms with Gasteiger partial charge in [0.25, 0.3) is 0 Å². The number of sulfonamides is 1. The van der Waals surface area contributed by atoms with Crippen LogP contribution in [0.15, 0.2) is 51.8 Å². The first-order valence-electron chi connectivity index (χ1n) is 8.37. The second-order valence-electron chi connectivity index (χ2n) is 6.56. The summed E-state index contributed by atoms with van der Waals surface area (Å²) in [7, 11) is -4.41. The molecule has 0 radical (unpaired) electrons. The number of hydrogen-bond donors (Lipinski definition) is 2. The second-order valence-corrected chi connectivity index (χ2v) is 9.16.